The number of aromatic amines is 1. The van der Waals surface area contributed by atoms with Crippen LogP contribution in [-0.2, 0) is 24.4 Å². The largest absolute Gasteiger partial charge is 0.480 e. The monoisotopic (exact) mass is 492 g/mol. The number of hydrogen-bond acceptors (Lipinski definition) is 8. The minimum Gasteiger partial charge on any atom is -0.480 e. The SMILES string of the molecule is Cc1cc(C)c(S(=O)(=O)N[C@@H](CNC(=O)C2=NOC(CCNc3ncc[nH]3)C2)C(=O)O)c(C)c1. The molecule has 1 aliphatic rings. The lowest BCUT2D eigenvalue weighted by molar-refractivity contribution is -0.138. The summed E-state index contributed by atoms with van der Waals surface area (Å²) in [6.07, 6.45) is 3.80. The van der Waals surface area contributed by atoms with E-state index in [1.807, 2.05) is 6.92 Å². The number of carboxylic acids is 1. The van der Waals surface area contributed by atoms with Gasteiger partial charge in [0, 0.05) is 38.3 Å². The molecule has 2 atom stereocenters. The van der Waals surface area contributed by atoms with Crippen molar-refractivity contribution in [1.82, 2.24) is 20.0 Å². The van der Waals surface area contributed by atoms with Gasteiger partial charge in [-0.1, -0.05) is 22.9 Å². The molecule has 0 spiro atoms. The van der Waals surface area contributed by atoms with E-state index in [-0.39, 0.29) is 23.1 Å². The Bertz CT molecular complexity index is 1160. The molecule has 0 fully saturated rings. The fraction of sp³-hybridized carbons (Fsp3) is 0.429. The molecule has 0 saturated carbocycles. The number of aromatic nitrogens is 2. The smallest absolute Gasteiger partial charge is 0.323 e. The second-order valence-corrected chi connectivity index (χ2v) is 9.72. The quantitative estimate of drug-likeness (QED) is 0.306. The molecule has 1 amide bonds. The maximum atomic E-state index is 12.9. The third-order valence-corrected chi connectivity index (χ3v) is 6.96. The summed E-state index contributed by atoms with van der Waals surface area (Å²) in [6, 6.07) is 1.85. The van der Waals surface area contributed by atoms with Crippen molar-refractivity contribution in [3.63, 3.8) is 0 Å². The zero-order valence-electron chi connectivity index (χ0n) is 19.1. The van der Waals surface area contributed by atoms with Gasteiger partial charge >= 0.3 is 5.97 Å². The van der Waals surface area contributed by atoms with E-state index in [0.717, 1.165) is 5.56 Å². The van der Waals surface area contributed by atoms with Crippen LogP contribution in [0.4, 0.5) is 5.95 Å². The molecular weight excluding hydrogens is 464 g/mol. The average molecular weight is 493 g/mol. The van der Waals surface area contributed by atoms with Crippen molar-refractivity contribution in [1.29, 1.82) is 0 Å². The fourth-order valence-electron chi connectivity index (χ4n) is 3.74. The number of carbonyl (C=O) groups is 2. The first-order valence-corrected chi connectivity index (χ1v) is 12.1. The van der Waals surface area contributed by atoms with Gasteiger partial charge in [0.15, 0.2) is 5.95 Å². The number of aryl methyl sites for hydroxylation is 3. The lowest BCUT2D eigenvalue weighted by Crippen LogP contribution is -2.49. The molecule has 13 heteroatoms. The number of H-pyrrole nitrogens is 1. The number of aliphatic carboxylic acids is 1. The van der Waals surface area contributed by atoms with E-state index < -0.39 is 34.5 Å². The maximum Gasteiger partial charge on any atom is 0.323 e. The van der Waals surface area contributed by atoms with Crippen LogP contribution in [0.2, 0.25) is 0 Å². The Morgan fingerprint density at radius 3 is 2.59 bits per heavy atom. The van der Waals surface area contributed by atoms with Crippen molar-refractivity contribution in [3.8, 4) is 0 Å². The van der Waals surface area contributed by atoms with Crippen LogP contribution in [-0.4, -0.2) is 66.3 Å². The minimum atomic E-state index is -4.14. The Labute approximate surface area is 197 Å². The molecular formula is C21H28N6O6S. The number of nitrogens with one attached hydrogen (secondary N) is 4. The summed E-state index contributed by atoms with van der Waals surface area (Å²) >= 11 is 0. The van der Waals surface area contributed by atoms with E-state index in [2.05, 4.69) is 30.5 Å². The number of amides is 1. The highest BCUT2D eigenvalue weighted by atomic mass is 32.2. The predicted molar refractivity (Wildman–Crippen MR) is 124 cm³/mol. The second kappa shape index (κ2) is 10.7. The first kappa shape index (κ1) is 25.2. The molecule has 34 heavy (non-hydrogen) atoms. The summed E-state index contributed by atoms with van der Waals surface area (Å²) in [5.74, 6) is -1.41. The van der Waals surface area contributed by atoms with Gasteiger partial charge < -0.3 is 25.6 Å². The van der Waals surface area contributed by atoms with Gasteiger partial charge in [0.1, 0.15) is 17.9 Å². The number of sulfonamides is 1. The molecule has 1 unspecified atom stereocenters. The fourth-order valence-corrected chi connectivity index (χ4v) is 5.39. The molecule has 3 rings (SSSR count). The Morgan fingerprint density at radius 2 is 1.97 bits per heavy atom. The molecule has 2 aromatic rings. The van der Waals surface area contributed by atoms with E-state index in [4.69, 9.17) is 4.84 Å². The van der Waals surface area contributed by atoms with Crippen molar-refractivity contribution in [2.24, 2.45) is 5.16 Å². The van der Waals surface area contributed by atoms with Gasteiger partial charge in [-0.15, -0.1) is 0 Å². The van der Waals surface area contributed by atoms with Gasteiger partial charge in [-0.2, -0.15) is 4.72 Å². The van der Waals surface area contributed by atoms with Gasteiger partial charge in [-0.25, -0.2) is 13.4 Å². The van der Waals surface area contributed by atoms with Crippen LogP contribution >= 0.6 is 0 Å². The highest BCUT2D eigenvalue weighted by molar-refractivity contribution is 7.89. The van der Waals surface area contributed by atoms with Crippen LogP contribution in [0.15, 0.2) is 34.6 Å². The number of anilines is 1. The van der Waals surface area contributed by atoms with Crippen LogP contribution in [0.5, 0.6) is 0 Å². The molecule has 1 aromatic carbocycles. The molecule has 5 N–H and O–H groups in total. The van der Waals surface area contributed by atoms with E-state index in [0.29, 0.717) is 30.0 Å². The number of carbonyl (C=O) groups excluding carboxylic acids is 1. The first-order chi connectivity index (χ1) is 16.1. The molecule has 1 aliphatic heterocycles. The Kier molecular flexibility index (Phi) is 7.89. The molecule has 0 saturated heterocycles. The van der Waals surface area contributed by atoms with Crippen LogP contribution in [0.1, 0.15) is 29.5 Å². The lowest BCUT2D eigenvalue weighted by atomic mass is 10.1. The van der Waals surface area contributed by atoms with Gasteiger partial charge in [-0.3, -0.25) is 9.59 Å². The standard InChI is InChI=1S/C21H28N6O6S/c1-12-8-13(2)18(14(3)9-12)34(31,32)27-17(20(29)30)11-25-19(28)16-10-15(33-26-16)4-5-22-21-23-6-7-24-21/h6-9,15,17,27H,4-5,10-11H2,1-3H3,(H,25,28)(H,29,30)(H2,22,23,24)/t15?,17-/m0/s1. The minimum absolute atomic E-state index is 0.0234. The summed E-state index contributed by atoms with van der Waals surface area (Å²) in [7, 11) is -4.14. The number of nitrogens with zero attached hydrogens (tertiary/aromatic N) is 2. The van der Waals surface area contributed by atoms with Crippen molar-refractivity contribution in [2.45, 2.75) is 50.7 Å². The molecule has 184 valence electrons. The maximum absolute atomic E-state index is 12.9. The number of rotatable bonds is 11. The second-order valence-electron chi connectivity index (χ2n) is 8.07. The number of hydrogen-bond donors (Lipinski definition) is 5. The molecule has 0 aliphatic carbocycles. The third kappa shape index (κ3) is 6.32. The molecule has 0 bridgehead atoms. The normalized spacial score (nSPS) is 16.4. The van der Waals surface area contributed by atoms with Crippen LogP contribution in [0.25, 0.3) is 0 Å². The molecule has 1 aromatic heterocycles. The van der Waals surface area contributed by atoms with Gasteiger partial charge in [-0.05, 0) is 31.9 Å². The number of imidazole rings is 1. The molecule has 0 radical (unpaired) electrons. The number of carboxylic acid groups (broad SMARTS) is 1. The summed E-state index contributed by atoms with van der Waals surface area (Å²) in [5, 5.41) is 18.8. The topological polar surface area (TPSA) is 175 Å². The van der Waals surface area contributed by atoms with Crippen molar-refractivity contribution >= 4 is 33.6 Å². The van der Waals surface area contributed by atoms with Crippen molar-refractivity contribution < 1.29 is 28.0 Å². The lowest BCUT2D eigenvalue weighted by Gasteiger charge is -2.18. The van der Waals surface area contributed by atoms with Crippen molar-refractivity contribution in [2.75, 3.05) is 18.4 Å². The highest BCUT2D eigenvalue weighted by Crippen LogP contribution is 2.22. The number of benzene rings is 1. The van der Waals surface area contributed by atoms with E-state index >= 15 is 0 Å². The van der Waals surface area contributed by atoms with E-state index in [1.165, 1.54) is 0 Å². The van der Waals surface area contributed by atoms with Crippen LogP contribution in [0, 0.1) is 20.8 Å². The summed E-state index contributed by atoms with van der Waals surface area (Å²) in [5.41, 5.74) is 2.01. The first-order valence-electron chi connectivity index (χ1n) is 10.6. The van der Waals surface area contributed by atoms with Gasteiger partial charge in [0.25, 0.3) is 5.91 Å². The Morgan fingerprint density at radius 1 is 1.26 bits per heavy atom. The summed E-state index contributed by atoms with van der Waals surface area (Å²) in [6.45, 7) is 5.22. The number of oxime groups is 1. The van der Waals surface area contributed by atoms with Crippen molar-refractivity contribution in [3.05, 3.63) is 41.2 Å². The van der Waals surface area contributed by atoms with Crippen LogP contribution < -0.4 is 15.4 Å². The zero-order valence-corrected chi connectivity index (χ0v) is 19.9. The third-order valence-electron chi connectivity index (χ3n) is 5.19. The molecule has 2 heterocycles. The van der Waals surface area contributed by atoms with Crippen LogP contribution in [0.3, 0.4) is 0 Å². The van der Waals surface area contributed by atoms with Gasteiger partial charge in [0.2, 0.25) is 10.0 Å². The predicted octanol–water partition coefficient (Wildman–Crippen LogP) is 0.830. The summed E-state index contributed by atoms with van der Waals surface area (Å²) in [4.78, 5) is 36.4. The van der Waals surface area contributed by atoms with Gasteiger partial charge in [0.05, 0.1) is 4.90 Å². The average Bonchev–Trinajstić information content (AvgIpc) is 3.42. The zero-order chi connectivity index (χ0) is 24.9. The Hall–Kier alpha value is -3.45. The van der Waals surface area contributed by atoms with E-state index in [9.17, 15) is 23.1 Å². The highest BCUT2D eigenvalue weighted by Gasteiger charge is 2.30. The molecule has 12 nitrogen and oxygen atoms in total. The van der Waals surface area contributed by atoms with E-state index in [1.54, 1.807) is 38.4 Å². The summed E-state index contributed by atoms with van der Waals surface area (Å²) < 4.78 is 27.9. The Balaban J connectivity index is 1.53.